The normalized spacial score (nSPS) is 19.6. The second-order valence-electron chi connectivity index (χ2n) is 7.62. The molecule has 0 aliphatic heterocycles. The summed E-state index contributed by atoms with van der Waals surface area (Å²) in [6.07, 6.45) is 1.17. The predicted molar refractivity (Wildman–Crippen MR) is 120 cm³/mol. The monoisotopic (exact) mass is 477 g/mol. The number of rotatable bonds is 11. The van der Waals surface area contributed by atoms with Gasteiger partial charge in [0, 0.05) is 6.61 Å². The zero-order chi connectivity index (χ0) is 25.0. The van der Waals surface area contributed by atoms with Gasteiger partial charge < -0.3 is 29.5 Å². The maximum absolute atomic E-state index is 12.5. The molecule has 0 saturated heterocycles. The molecular weight excluding hydrogens is 446 g/mol. The van der Waals surface area contributed by atoms with E-state index in [1.807, 2.05) is 30.3 Å². The van der Waals surface area contributed by atoms with Gasteiger partial charge >= 0.3 is 18.0 Å². The lowest BCUT2D eigenvalue weighted by Crippen LogP contribution is -2.57. The second-order valence-corrected chi connectivity index (χ2v) is 7.62. The van der Waals surface area contributed by atoms with Crippen molar-refractivity contribution in [2.45, 2.75) is 45.3 Å². The number of nitrogens with one attached hydrogen (secondary N) is 3. The Bertz CT molecular complexity index is 889. The molecule has 0 bridgehead atoms. The van der Waals surface area contributed by atoms with Crippen LogP contribution < -0.4 is 10.8 Å². The van der Waals surface area contributed by atoms with E-state index in [9.17, 15) is 19.5 Å². The first-order chi connectivity index (χ1) is 16.3. The number of alkyl carbamates (subject to hydrolysis) is 1. The molecule has 2 unspecified atom stereocenters. The Labute approximate surface area is 197 Å². The van der Waals surface area contributed by atoms with E-state index in [0.29, 0.717) is 12.8 Å². The molecule has 1 aliphatic rings. The van der Waals surface area contributed by atoms with Crippen LogP contribution in [-0.2, 0) is 35.2 Å². The van der Waals surface area contributed by atoms with E-state index >= 15 is 0 Å². The number of benzene rings is 1. The summed E-state index contributed by atoms with van der Waals surface area (Å²) in [7, 11) is 0. The van der Waals surface area contributed by atoms with Gasteiger partial charge in [-0.15, -0.1) is 0 Å². The first-order valence-corrected chi connectivity index (χ1v) is 11.0. The Kier molecular flexibility index (Phi) is 10.3. The summed E-state index contributed by atoms with van der Waals surface area (Å²) in [5.74, 6) is -2.70. The van der Waals surface area contributed by atoms with Crippen molar-refractivity contribution in [2.75, 3.05) is 19.8 Å². The Hall–Kier alpha value is -3.60. The van der Waals surface area contributed by atoms with E-state index in [1.165, 1.54) is 0 Å². The van der Waals surface area contributed by atoms with Crippen LogP contribution in [0, 0.1) is 11.3 Å². The highest BCUT2D eigenvalue weighted by Gasteiger charge is 2.45. The molecule has 1 aromatic rings. The number of hydrogen-bond acceptors (Lipinski definition) is 9. The predicted octanol–water partition coefficient (Wildman–Crippen LogP) is 1.95. The van der Waals surface area contributed by atoms with Crippen molar-refractivity contribution in [3.63, 3.8) is 0 Å². The molecule has 11 nitrogen and oxygen atoms in total. The maximum Gasteiger partial charge on any atom is 0.408 e. The zero-order valence-electron chi connectivity index (χ0n) is 19.3. The molecule has 1 saturated carbocycles. The summed E-state index contributed by atoms with van der Waals surface area (Å²) in [6, 6.07) is 9.11. The molecule has 186 valence electrons. The fourth-order valence-corrected chi connectivity index (χ4v) is 3.49. The molecule has 1 amide bonds. The average molecular weight is 478 g/mol. The van der Waals surface area contributed by atoms with Gasteiger partial charge in [0.25, 0.3) is 0 Å². The molecule has 1 aromatic carbocycles. The minimum atomic E-state index is -1.23. The van der Waals surface area contributed by atoms with Gasteiger partial charge in [-0.25, -0.2) is 19.9 Å². The molecule has 2 rings (SSSR count). The van der Waals surface area contributed by atoms with Crippen LogP contribution in [0.25, 0.3) is 0 Å². The fourth-order valence-electron chi connectivity index (χ4n) is 3.49. The highest BCUT2D eigenvalue weighted by molar-refractivity contribution is 5.96. The minimum Gasteiger partial charge on any atom is -0.463 e. The molecule has 34 heavy (non-hydrogen) atoms. The van der Waals surface area contributed by atoms with E-state index in [-0.39, 0.29) is 44.6 Å². The number of aliphatic hydroxyl groups excluding tert-OH is 1. The number of amides is 1. The number of amidine groups is 1. The third-order valence-corrected chi connectivity index (χ3v) is 5.18. The van der Waals surface area contributed by atoms with Crippen LogP contribution in [0.15, 0.2) is 42.2 Å². The lowest BCUT2D eigenvalue weighted by atomic mass is 9.94. The minimum absolute atomic E-state index is 0.0384. The van der Waals surface area contributed by atoms with Gasteiger partial charge in [0.15, 0.2) is 5.84 Å². The summed E-state index contributed by atoms with van der Waals surface area (Å²) < 4.78 is 14.9. The Morgan fingerprint density at radius 1 is 1.15 bits per heavy atom. The van der Waals surface area contributed by atoms with Crippen LogP contribution in [0.1, 0.15) is 38.7 Å². The Balaban J connectivity index is 2.09. The standard InChI is InChI=1S/C23H31N3O8/c1-3-31-19(28)12-18(20(29)32-4-2)34-26-21(24)23(11-10-17(13-23)14-27)25-22(30)33-15-16-8-6-5-7-9-16/h5-9,12,17,27H,3-4,10-11,13-15H2,1-2H3,(H2,24,26)(H,25,30). The number of carbonyl (C=O) groups is 3. The molecule has 0 heterocycles. The van der Waals surface area contributed by atoms with Gasteiger partial charge in [-0.1, -0.05) is 30.3 Å². The van der Waals surface area contributed by atoms with Gasteiger partial charge in [-0.05, 0) is 44.6 Å². The van der Waals surface area contributed by atoms with E-state index in [4.69, 9.17) is 24.5 Å². The highest BCUT2D eigenvalue weighted by atomic mass is 16.7. The van der Waals surface area contributed by atoms with Crippen molar-refractivity contribution in [1.82, 2.24) is 10.8 Å². The van der Waals surface area contributed by atoms with Gasteiger partial charge in [0.05, 0.1) is 19.3 Å². The molecule has 0 aromatic heterocycles. The topological polar surface area (TPSA) is 156 Å². The first kappa shape index (κ1) is 26.7. The quantitative estimate of drug-likeness (QED) is 0.0711. The van der Waals surface area contributed by atoms with Crippen LogP contribution in [-0.4, -0.2) is 54.3 Å². The lowest BCUT2D eigenvalue weighted by Gasteiger charge is -2.31. The summed E-state index contributed by atoms with van der Waals surface area (Å²) in [6.45, 7) is 3.25. The number of ether oxygens (including phenoxy) is 3. The van der Waals surface area contributed by atoms with E-state index in [2.05, 4.69) is 10.8 Å². The third kappa shape index (κ3) is 7.77. The van der Waals surface area contributed by atoms with Gasteiger partial charge in [-0.2, -0.15) is 0 Å². The largest absolute Gasteiger partial charge is 0.463 e. The van der Waals surface area contributed by atoms with E-state index in [1.54, 1.807) is 13.8 Å². The molecule has 0 radical (unpaired) electrons. The molecular formula is C23H31N3O8. The fraction of sp³-hybridized carbons (Fsp3) is 0.478. The average Bonchev–Trinajstić information content (AvgIpc) is 3.25. The van der Waals surface area contributed by atoms with Crippen molar-refractivity contribution in [3.8, 4) is 0 Å². The smallest absolute Gasteiger partial charge is 0.408 e. The van der Waals surface area contributed by atoms with Crippen molar-refractivity contribution in [3.05, 3.63) is 47.7 Å². The highest BCUT2D eigenvalue weighted by Crippen LogP contribution is 2.35. The van der Waals surface area contributed by atoms with Crippen molar-refractivity contribution in [1.29, 1.82) is 5.41 Å². The SMILES string of the molecule is CCOC(=O)C=C(ONC(=N)C1(NC(=O)OCc2ccccc2)CCC(CO)C1)C(=O)OCC. The molecule has 1 fully saturated rings. The van der Waals surface area contributed by atoms with Gasteiger partial charge in [0.2, 0.25) is 5.76 Å². The zero-order valence-corrected chi connectivity index (χ0v) is 19.3. The molecule has 11 heteroatoms. The number of aliphatic hydroxyl groups is 1. The van der Waals surface area contributed by atoms with Gasteiger partial charge in [0.1, 0.15) is 12.1 Å². The third-order valence-electron chi connectivity index (χ3n) is 5.18. The number of hydrogen-bond donors (Lipinski definition) is 4. The molecule has 1 aliphatic carbocycles. The van der Waals surface area contributed by atoms with Crippen LogP contribution in [0.4, 0.5) is 4.79 Å². The summed E-state index contributed by atoms with van der Waals surface area (Å²) in [4.78, 5) is 41.6. The summed E-state index contributed by atoms with van der Waals surface area (Å²) in [5, 5.41) is 20.8. The Morgan fingerprint density at radius 3 is 2.47 bits per heavy atom. The van der Waals surface area contributed by atoms with Crippen LogP contribution in [0.3, 0.4) is 0 Å². The van der Waals surface area contributed by atoms with Crippen molar-refractivity contribution < 1.29 is 38.5 Å². The number of carbonyl (C=O) groups excluding carboxylic acids is 3. The summed E-state index contributed by atoms with van der Waals surface area (Å²) >= 11 is 0. The number of esters is 2. The van der Waals surface area contributed by atoms with Crippen molar-refractivity contribution >= 4 is 23.9 Å². The van der Waals surface area contributed by atoms with E-state index < -0.39 is 29.3 Å². The molecule has 4 N–H and O–H groups in total. The van der Waals surface area contributed by atoms with Gasteiger partial charge in [-0.3, -0.25) is 5.41 Å². The summed E-state index contributed by atoms with van der Waals surface area (Å²) in [5.41, 5.74) is 1.90. The molecule has 0 spiro atoms. The van der Waals surface area contributed by atoms with E-state index in [0.717, 1.165) is 11.6 Å². The van der Waals surface area contributed by atoms with Crippen LogP contribution in [0.5, 0.6) is 0 Å². The lowest BCUT2D eigenvalue weighted by molar-refractivity contribution is -0.145. The van der Waals surface area contributed by atoms with Crippen LogP contribution >= 0.6 is 0 Å². The van der Waals surface area contributed by atoms with Crippen LogP contribution in [0.2, 0.25) is 0 Å². The van der Waals surface area contributed by atoms with Crippen molar-refractivity contribution in [2.24, 2.45) is 5.92 Å². The maximum atomic E-state index is 12.5. The molecule has 2 atom stereocenters. The Morgan fingerprint density at radius 2 is 1.85 bits per heavy atom. The number of hydroxylamine groups is 1. The second kappa shape index (κ2) is 13.2. The first-order valence-electron chi connectivity index (χ1n) is 11.0.